The molecular formula is C29H31Cl2N5O3. The molecule has 1 aliphatic rings. The zero-order valence-electron chi connectivity index (χ0n) is 21.9. The van der Waals surface area contributed by atoms with Crippen LogP contribution in [0, 0.1) is 5.92 Å². The van der Waals surface area contributed by atoms with Crippen molar-refractivity contribution in [2.45, 2.75) is 38.7 Å². The van der Waals surface area contributed by atoms with Crippen LogP contribution in [0.5, 0.6) is 5.75 Å². The number of rotatable bonds is 11. The summed E-state index contributed by atoms with van der Waals surface area (Å²) in [7, 11) is 0. The molecule has 1 fully saturated rings. The predicted molar refractivity (Wildman–Crippen MR) is 152 cm³/mol. The summed E-state index contributed by atoms with van der Waals surface area (Å²) < 4.78 is 20.7. The normalized spacial score (nSPS) is 18.9. The van der Waals surface area contributed by atoms with Crippen LogP contribution in [0.1, 0.15) is 25.8 Å². The summed E-state index contributed by atoms with van der Waals surface area (Å²) in [6.07, 6.45) is 7.80. The monoisotopic (exact) mass is 567 g/mol. The molecule has 4 aromatic rings. The second-order valence-corrected chi connectivity index (χ2v) is 10.7. The van der Waals surface area contributed by atoms with Crippen molar-refractivity contribution < 1.29 is 14.2 Å². The van der Waals surface area contributed by atoms with Crippen LogP contribution in [0.25, 0.3) is 11.3 Å². The number of nitrogens with one attached hydrogen (secondary N) is 1. The molecule has 0 saturated carbocycles. The van der Waals surface area contributed by atoms with Gasteiger partial charge < -0.3 is 24.1 Å². The van der Waals surface area contributed by atoms with Gasteiger partial charge in [-0.3, -0.25) is 0 Å². The highest BCUT2D eigenvalue weighted by molar-refractivity contribution is 6.35. The third-order valence-electron chi connectivity index (χ3n) is 6.40. The van der Waals surface area contributed by atoms with Gasteiger partial charge >= 0.3 is 0 Å². The van der Waals surface area contributed by atoms with Crippen molar-refractivity contribution in [3.05, 3.63) is 89.1 Å². The van der Waals surface area contributed by atoms with E-state index in [-0.39, 0.29) is 6.10 Å². The highest BCUT2D eigenvalue weighted by Gasteiger charge is 2.45. The van der Waals surface area contributed by atoms with E-state index in [1.54, 1.807) is 30.9 Å². The lowest BCUT2D eigenvalue weighted by Crippen LogP contribution is -2.34. The Kier molecular flexibility index (Phi) is 8.67. The first-order chi connectivity index (χ1) is 18.9. The van der Waals surface area contributed by atoms with Crippen molar-refractivity contribution in [1.82, 2.24) is 19.5 Å². The van der Waals surface area contributed by atoms with Crippen LogP contribution in [-0.4, -0.2) is 45.4 Å². The second kappa shape index (κ2) is 12.3. The van der Waals surface area contributed by atoms with E-state index in [2.05, 4.69) is 34.1 Å². The van der Waals surface area contributed by atoms with Crippen LogP contribution in [-0.2, 0) is 21.8 Å². The minimum atomic E-state index is -1.09. The lowest BCUT2D eigenvalue weighted by molar-refractivity contribution is -0.189. The highest BCUT2D eigenvalue weighted by atomic mass is 35.5. The average Bonchev–Trinajstić information content (AvgIpc) is 3.58. The van der Waals surface area contributed by atoms with Gasteiger partial charge in [-0.1, -0.05) is 43.1 Å². The fourth-order valence-electron chi connectivity index (χ4n) is 4.36. The van der Waals surface area contributed by atoms with E-state index in [9.17, 15) is 0 Å². The minimum Gasteiger partial charge on any atom is -0.491 e. The first kappa shape index (κ1) is 27.4. The maximum Gasteiger partial charge on any atom is 0.223 e. The molecule has 0 aliphatic carbocycles. The lowest BCUT2D eigenvalue weighted by atomic mass is 10.1. The summed E-state index contributed by atoms with van der Waals surface area (Å²) in [5.74, 6) is 0.890. The van der Waals surface area contributed by atoms with Crippen LogP contribution >= 0.6 is 23.2 Å². The van der Waals surface area contributed by atoms with Gasteiger partial charge in [-0.25, -0.2) is 15.0 Å². The first-order valence-electron chi connectivity index (χ1n) is 12.9. The van der Waals surface area contributed by atoms with E-state index in [4.69, 9.17) is 37.4 Å². The molecule has 1 N–H and O–H groups in total. The topological polar surface area (TPSA) is 83.3 Å². The Balaban J connectivity index is 1.22. The smallest absolute Gasteiger partial charge is 0.223 e. The van der Waals surface area contributed by atoms with Gasteiger partial charge in [0.15, 0.2) is 0 Å². The summed E-state index contributed by atoms with van der Waals surface area (Å²) in [6.45, 7) is 6.28. The third-order valence-corrected chi connectivity index (χ3v) is 6.94. The summed E-state index contributed by atoms with van der Waals surface area (Å²) in [5, 5.41) is 4.31. The Morgan fingerprint density at radius 2 is 1.97 bits per heavy atom. The summed E-state index contributed by atoms with van der Waals surface area (Å²) in [4.78, 5) is 13.1. The van der Waals surface area contributed by atoms with Gasteiger partial charge in [0.05, 0.1) is 30.2 Å². The molecule has 2 aromatic heterocycles. The number of hydrogen-bond donors (Lipinski definition) is 1. The predicted octanol–water partition coefficient (Wildman–Crippen LogP) is 6.45. The van der Waals surface area contributed by atoms with Crippen LogP contribution < -0.4 is 10.1 Å². The molecule has 3 heterocycles. The quantitative estimate of drug-likeness (QED) is 0.223. The molecule has 2 aromatic carbocycles. The lowest BCUT2D eigenvalue weighted by Gasteiger charge is -2.30. The van der Waals surface area contributed by atoms with Crippen LogP contribution in [0.3, 0.4) is 0 Å². The van der Waals surface area contributed by atoms with E-state index in [1.165, 1.54) is 0 Å². The van der Waals surface area contributed by atoms with Crippen molar-refractivity contribution in [3.63, 3.8) is 0 Å². The molecular weight excluding hydrogens is 537 g/mol. The van der Waals surface area contributed by atoms with Crippen molar-refractivity contribution in [3.8, 4) is 17.0 Å². The maximum atomic E-state index is 6.56. The number of imidazole rings is 1. The number of ether oxygens (including phenoxy) is 3. The number of anilines is 1. The molecule has 0 amide bonds. The zero-order valence-corrected chi connectivity index (χ0v) is 23.4. The molecule has 1 aliphatic heterocycles. The standard InChI is InChI=1S/C29H31Cl2N5O3/c1-20(2)9-11-33-28-34-12-10-27(35-28)21-3-6-23(7-4-21)37-16-24-17-38-29(39-24,18-36-14-13-32-19-36)25-8-5-22(30)15-26(25)31/h3-8,10,12-15,19-20,24H,9,11,16-18H2,1-2H3,(H,33,34,35)/t24-,29-/m1/s1. The zero-order chi connectivity index (χ0) is 27.2. The van der Waals surface area contributed by atoms with E-state index >= 15 is 0 Å². The molecule has 2 atom stereocenters. The average molecular weight is 569 g/mol. The van der Waals surface area contributed by atoms with Crippen molar-refractivity contribution >= 4 is 29.2 Å². The molecule has 0 spiro atoms. The Morgan fingerprint density at radius 1 is 1.13 bits per heavy atom. The van der Waals surface area contributed by atoms with Gasteiger partial charge in [-0.05, 0) is 54.8 Å². The Bertz CT molecular complexity index is 1370. The first-order valence-corrected chi connectivity index (χ1v) is 13.7. The number of hydrogen-bond acceptors (Lipinski definition) is 7. The Morgan fingerprint density at radius 3 is 2.72 bits per heavy atom. The van der Waals surface area contributed by atoms with Crippen LogP contribution in [0.4, 0.5) is 5.95 Å². The summed E-state index contributed by atoms with van der Waals surface area (Å²) in [6, 6.07) is 15.0. The molecule has 204 valence electrons. The molecule has 10 heteroatoms. The largest absolute Gasteiger partial charge is 0.491 e. The Labute approximate surface area is 238 Å². The SMILES string of the molecule is CC(C)CCNc1nccc(-c2ccc(OC[C@@H]3CO[C@@](Cn4ccnc4)(c4ccc(Cl)cc4Cl)O3)cc2)n1. The van der Waals surface area contributed by atoms with Gasteiger partial charge in [0, 0.05) is 41.3 Å². The van der Waals surface area contributed by atoms with Gasteiger partial charge in [0.25, 0.3) is 0 Å². The number of nitrogens with zero attached hydrogens (tertiary/aromatic N) is 4. The van der Waals surface area contributed by atoms with E-state index in [0.29, 0.717) is 47.2 Å². The van der Waals surface area contributed by atoms with Crippen molar-refractivity contribution in [2.24, 2.45) is 5.92 Å². The third kappa shape index (κ3) is 6.89. The van der Waals surface area contributed by atoms with Gasteiger partial charge in [-0.15, -0.1) is 0 Å². The number of aromatic nitrogens is 4. The van der Waals surface area contributed by atoms with Crippen molar-refractivity contribution in [2.75, 3.05) is 25.1 Å². The van der Waals surface area contributed by atoms with Gasteiger partial charge in [0.2, 0.25) is 11.7 Å². The molecule has 8 nitrogen and oxygen atoms in total. The van der Waals surface area contributed by atoms with Crippen LogP contribution in [0.15, 0.2) is 73.4 Å². The van der Waals surface area contributed by atoms with Gasteiger partial charge in [-0.2, -0.15) is 0 Å². The van der Waals surface area contributed by atoms with Crippen LogP contribution in [0.2, 0.25) is 10.0 Å². The van der Waals surface area contributed by atoms with E-state index in [0.717, 1.165) is 30.0 Å². The second-order valence-electron chi connectivity index (χ2n) is 9.87. The Hall–Kier alpha value is -3.17. The molecule has 0 bridgehead atoms. The van der Waals surface area contributed by atoms with E-state index < -0.39 is 5.79 Å². The summed E-state index contributed by atoms with van der Waals surface area (Å²) in [5.41, 5.74) is 2.53. The molecule has 39 heavy (non-hydrogen) atoms. The molecule has 0 unspecified atom stereocenters. The fraction of sp³-hybridized carbons (Fsp3) is 0.345. The van der Waals surface area contributed by atoms with E-state index in [1.807, 2.05) is 47.2 Å². The fourth-order valence-corrected chi connectivity index (χ4v) is 4.92. The molecule has 5 rings (SSSR count). The van der Waals surface area contributed by atoms with Crippen molar-refractivity contribution in [1.29, 1.82) is 0 Å². The van der Waals surface area contributed by atoms with Gasteiger partial charge in [0.1, 0.15) is 18.5 Å². The maximum absolute atomic E-state index is 6.56. The molecule has 0 radical (unpaired) electrons. The molecule has 1 saturated heterocycles. The number of halogens is 2. The highest BCUT2D eigenvalue weighted by Crippen LogP contribution is 2.40. The summed E-state index contributed by atoms with van der Waals surface area (Å²) >= 11 is 12.7. The number of benzene rings is 2. The minimum absolute atomic E-state index is 0.304.